The molecule has 0 spiro atoms. The summed E-state index contributed by atoms with van der Waals surface area (Å²) in [5.41, 5.74) is 0.584. The summed E-state index contributed by atoms with van der Waals surface area (Å²) >= 11 is 0. The molecule has 1 fully saturated rings. The number of carbonyl (C=O) groups excluding carboxylic acids is 1. The van der Waals surface area contributed by atoms with Crippen molar-refractivity contribution in [3.05, 3.63) is 59.7 Å². The molecule has 1 aliphatic carbocycles. The molecule has 1 saturated carbocycles. The Morgan fingerprint density at radius 3 is 2.68 bits per heavy atom. The third-order valence-corrected chi connectivity index (χ3v) is 4.17. The molecule has 3 rings (SSSR count). The summed E-state index contributed by atoms with van der Waals surface area (Å²) in [6.07, 6.45) is 1.61. The summed E-state index contributed by atoms with van der Waals surface area (Å²) in [5, 5.41) is 12.5. The van der Waals surface area contributed by atoms with E-state index in [0.717, 1.165) is 19.3 Å². The number of aliphatic hydroxyl groups is 1. The zero-order valence-corrected chi connectivity index (χ0v) is 13.5. The van der Waals surface area contributed by atoms with Gasteiger partial charge in [-0.3, -0.25) is 4.79 Å². The normalized spacial score (nSPS) is 15.3. The van der Waals surface area contributed by atoms with E-state index in [4.69, 9.17) is 4.74 Å². The number of nitrogens with one attached hydrogen (secondary N) is 1. The molecule has 1 amide bonds. The van der Waals surface area contributed by atoms with E-state index in [1.54, 1.807) is 6.07 Å². The highest BCUT2D eigenvalue weighted by Gasteiger charge is 2.21. The van der Waals surface area contributed by atoms with E-state index in [-0.39, 0.29) is 24.0 Å². The number of anilines is 1. The van der Waals surface area contributed by atoms with Crippen molar-refractivity contribution in [3.63, 3.8) is 0 Å². The molecule has 132 valence electrons. The fourth-order valence-corrected chi connectivity index (χ4v) is 2.56. The molecule has 25 heavy (non-hydrogen) atoms. The predicted molar refractivity (Wildman–Crippen MR) is 89.3 cm³/mol. The Labute approximate surface area is 144 Å². The molecule has 0 radical (unpaired) electrons. The maximum atomic E-state index is 14.0. The number of carbonyl (C=O) groups is 1. The average molecular weight is 347 g/mol. The molecule has 1 unspecified atom stereocenters. The standard InChI is InChI=1S/C19H19F2NO3/c20-13-4-1-3-12(9-13)17(23)11-19(24)22-14-7-8-18(16(21)10-14)25-15-5-2-6-15/h1,3-4,7-10,15,17,23H,2,5-6,11H2,(H,22,24). The number of amides is 1. The molecule has 0 saturated heterocycles. The maximum Gasteiger partial charge on any atom is 0.227 e. The highest BCUT2D eigenvalue weighted by Crippen LogP contribution is 2.28. The minimum absolute atomic E-state index is 0.0661. The van der Waals surface area contributed by atoms with Crippen LogP contribution in [-0.4, -0.2) is 17.1 Å². The molecule has 6 heteroatoms. The number of hydrogen-bond acceptors (Lipinski definition) is 3. The highest BCUT2D eigenvalue weighted by molar-refractivity contribution is 5.91. The summed E-state index contributed by atoms with van der Waals surface area (Å²) in [7, 11) is 0. The first-order valence-electron chi connectivity index (χ1n) is 8.21. The van der Waals surface area contributed by atoms with E-state index in [9.17, 15) is 18.7 Å². The average Bonchev–Trinajstić information content (AvgIpc) is 2.52. The lowest BCUT2D eigenvalue weighted by Gasteiger charge is -2.26. The molecule has 0 heterocycles. The van der Waals surface area contributed by atoms with Gasteiger partial charge in [0.2, 0.25) is 5.91 Å². The van der Waals surface area contributed by atoms with Crippen molar-refractivity contribution in [2.24, 2.45) is 0 Å². The molecule has 0 bridgehead atoms. The minimum Gasteiger partial charge on any atom is -0.487 e. The van der Waals surface area contributed by atoms with Crippen LogP contribution in [-0.2, 0) is 4.79 Å². The Balaban J connectivity index is 1.57. The molecular formula is C19H19F2NO3. The van der Waals surface area contributed by atoms with Gasteiger partial charge in [-0.15, -0.1) is 0 Å². The Morgan fingerprint density at radius 1 is 1.24 bits per heavy atom. The van der Waals surface area contributed by atoms with E-state index in [0.29, 0.717) is 5.56 Å². The molecule has 1 aliphatic rings. The summed E-state index contributed by atoms with van der Waals surface area (Å²) in [6.45, 7) is 0. The van der Waals surface area contributed by atoms with Gasteiger partial charge in [-0.1, -0.05) is 12.1 Å². The Hall–Kier alpha value is -2.47. The van der Waals surface area contributed by atoms with Gasteiger partial charge in [0.05, 0.1) is 18.6 Å². The first kappa shape index (κ1) is 17.4. The molecule has 4 nitrogen and oxygen atoms in total. The fourth-order valence-electron chi connectivity index (χ4n) is 2.56. The number of aliphatic hydroxyl groups excluding tert-OH is 1. The van der Waals surface area contributed by atoms with Crippen LogP contribution >= 0.6 is 0 Å². The number of halogens is 2. The van der Waals surface area contributed by atoms with Crippen molar-refractivity contribution in [1.82, 2.24) is 0 Å². The van der Waals surface area contributed by atoms with E-state index in [1.807, 2.05) is 0 Å². The van der Waals surface area contributed by atoms with Crippen LogP contribution in [0.5, 0.6) is 5.75 Å². The van der Waals surface area contributed by atoms with Crippen LogP contribution < -0.4 is 10.1 Å². The largest absolute Gasteiger partial charge is 0.487 e. The van der Waals surface area contributed by atoms with Crippen LogP contribution in [0, 0.1) is 11.6 Å². The number of hydrogen-bond donors (Lipinski definition) is 2. The van der Waals surface area contributed by atoms with Gasteiger partial charge in [0, 0.05) is 11.8 Å². The van der Waals surface area contributed by atoms with Gasteiger partial charge in [-0.2, -0.15) is 0 Å². The maximum absolute atomic E-state index is 14.0. The number of benzene rings is 2. The van der Waals surface area contributed by atoms with Crippen molar-refractivity contribution in [2.75, 3.05) is 5.32 Å². The van der Waals surface area contributed by atoms with Gasteiger partial charge in [0.15, 0.2) is 11.6 Å². The van der Waals surface area contributed by atoms with Crippen molar-refractivity contribution in [1.29, 1.82) is 0 Å². The molecule has 2 aromatic carbocycles. The summed E-state index contributed by atoms with van der Waals surface area (Å²) in [5.74, 6) is -1.36. The van der Waals surface area contributed by atoms with Crippen molar-refractivity contribution in [2.45, 2.75) is 37.9 Å². The van der Waals surface area contributed by atoms with E-state index in [1.165, 1.54) is 36.4 Å². The zero-order valence-electron chi connectivity index (χ0n) is 13.5. The molecule has 0 aromatic heterocycles. The Morgan fingerprint density at radius 2 is 2.04 bits per heavy atom. The zero-order chi connectivity index (χ0) is 17.8. The molecule has 0 aliphatic heterocycles. The lowest BCUT2D eigenvalue weighted by molar-refractivity contribution is -0.118. The quantitative estimate of drug-likeness (QED) is 0.832. The van der Waals surface area contributed by atoms with Crippen LogP contribution in [0.25, 0.3) is 0 Å². The van der Waals surface area contributed by atoms with E-state index >= 15 is 0 Å². The second kappa shape index (κ2) is 7.61. The Kier molecular flexibility index (Phi) is 5.28. The van der Waals surface area contributed by atoms with Crippen molar-refractivity contribution < 1.29 is 23.4 Å². The monoisotopic (exact) mass is 347 g/mol. The third kappa shape index (κ3) is 4.54. The van der Waals surface area contributed by atoms with Crippen LogP contribution in [0.1, 0.15) is 37.4 Å². The second-order valence-electron chi connectivity index (χ2n) is 6.14. The number of ether oxygens (including phenoxy) is 1. The van der Waals surface area contributed by atoms with Crippen molar-refractivity contribution >= 4 is 11.6 Å². The third-order valence-electron chi connectivity index (χ3n) is 4.17. The summed E-state index contributed by atoms with van der Waals surface area (Å²) in [4.78, 5) is 12.0. The van der Waals surface area contributed by atoms with E-state index in [2.05, 4.69) is 5.32 Å². The molecule has 1 atom stereocenters. The Bertz CT molecular complexity index is 762. The van der Waals surface area contributed by atoms with Gasteiger partial charge in [-0.25, -0.2) is 8.78 Å². The number of rotatable bonds is 6. The van der Waals surface area contributed by atoms with Crippen LogP contribution in [0.3, 0.4) is 0 Å². The van der Waals surface area contributed by atoms with Gasteiger partial charge < -0.3 is 15.2 Å². The molecular weight excluding hydrogens is 328 g/mol. The lowest BCUT2D eigenvalue weighted by Crippen LogP contribution is -2.25. The molecule has 2 aromatic rings. The van der Waals surface area contributed by atoms with Gasteiger partial charge in [0.25, 0.3) is 0 Å². The van der Waals surface area contributed by atoms with Crippen molar-refractivity contribution in [3.8, 4) is 5.75 Å². The van der Waals surface area contributed by atoms with Gasteiger partial charge in [-0.05, 0) is 49.1 Å². The first-order chi connectivity index (χ1) is 12.0. The highest BCUT2D eigenvalue weighted by atomic mass is 19.1. The topological polar surface area (TPSA) is 58.6 Å². The fraction of sp³-hybridized carbons (Fsp3) is 0.316. The molecule has 2 N–H and O–H groups in total. The minimum atomic E-state index is -1.14. The van der Waals surface area contributed by atoms with Gasteiger partial charge >= 0.3 is 0 Å². The van der Waals surface area contributed by atoms with E-state index < -0.39 is 23.6 Å². The van der Waals surface area contributed by atoms with Crippen LogP contribution in [0.4, 0.5) is 14.5 Å². The first-order valence-corrected chi connectivity index (χ1v) is 8.21. The lowest BCUT2D eigenvalue weighted by atomic mass is 9.96. The van der Waals surface area contributed by atoms with Crippen LogP contribution in [0.15, 0.2) is 42.5 Å². The smallest absolute Gasteiger partial charge is 0.227 e. The summed E-state index contributed by atoms with van der Waals surface area (Å²) < 4.78 is 32.7. The summed E-state index contributed by atoms with van der Waals surface area (Å²) in [6, 6.07) is 9.63. The van der Waals surface area contributed by atoms with Gasteiger partial charge in [0.1, 0.15) is 5.82 Å². The predicted octanol–water partition coefficient (Wildman–Crippen LogP) is 3.96. The SMILES string of the molecule is O=C(CC(O)c1cccc(F)c1)Nc1ccc(OC2CCC2)c(F)c1. The second-order valence-corrected chi connectivity index (χ2v) is 6.14. The van der Waals surface area contributed by atoms with Crippen LogP contribution in [0.2, 0.25) is 0 Å².